The van der Waals surface area contributed by atoms with Gasteiger partial charge >= 0.3 is 5.97 Å². The normalized spacial score (nSPS) is 10.4. The maximum absolute atomic E-state index is 11.2. The van der Waals surface area contributed by atoms with Crippen molar-refractivity contribution < 1.29 is 15.0 Å². The summed E-state index contributed by atoms with van der Waals surface area (Å²) in [5.74, 6) is -1.16. The van der Waals surface area contributed by atoms with Gasteiger partial charge in [0, 0.05) is 13.0 Å². The van der Waals surface area contributed by atoms with Crippen molar-refractivity contribution in [3.05, 3.63) is 15.9 Å². The van der Waals surface area contributed by atoms with Gasteiger partial charge in [0.2, 0.25) is 5.88 Å². The van der Waals surface area contributed by atoms with E-state index in [0.29, 0.717) is 6.54 Å². The summed E-state index contributed by atoms with van der Waals surface area (Å²) in [7, 11) is 0. The molecule has 0 bridgehead atoms. The van der Waals surface area contributed by atoms with E-state index in [1.54, 1.807) is 6.92 Å². The van der Waals surface area contributed by atoms with Gasteiger partial charge in [0.15, 0.2) is 0 Å². The number of aromatic hydroxyl groups is 1. The van der Waals surface area contributed by atoms with Crippen LogP contribution < -0.4 is 5.56 Å². The van der Waals surface area contributed by atoms with Crippen LogP contribution in [0.4, 0.5) is 0 Å². The molecule has 1 rings (SSSR count). The number of rotatable bonds is 4. The molecule has 0 atom stereocenters. The van der Waals surface area contributed by atoms with Gasteiger partial charge in [-0.1, -0.05) is 0 Å². The number of hydrogen-bond donors (Lipinski definition) is 3. The summed E-state index contributed by atoms with van der Waals surface area (Å²) in [6.45, 7) is 2.20. The Morgan fingerprint density at radius 1 is 1.57 bits per heavy atom. The van der Waals surface area contributed by atoms with Crippen LogP contribution in [-0.2, 0) is 17.8 Å². The molecular formula is C8H12N2O4. The standard InChI is InChI=1S/C8H12N2O4/c1-2-10-8(14)5(7(13)9-10)3-4-6(11)12/h14H,2-4H2,1H3,(H,9,13)(H,11,12). The number of carboxylic acid groups (broad SMARTS) is 1. The van der Waals surface area contributed by atoms with Gasteiger partial charge in [-0.15, -0.1) is 0 Å². The summed E-state index contributed by atoms with van der Waals surface area (Å²) in [6, 6.07) is 0. The lowest BCUT2D eigenvalue weighted by Gasteiger charge is -1.98. The van der Waals surface area contributed by atoms with E-state index in [2.05, 4.69) is 5.10 Å². The van der Waals surface area contributed by atoms with Crippen LogP contribution in [0.1, 0.15) is 18.9 Å². The topological polar surface area (TPSA) is 95.3 Å². The van der Waals surface area contributed by atoms with Gasteiger partial charge in [-0.3, -0.25) is 19.4 Å². The lowest BCUT2D eigenvalue weighted by molar-refractivity contribution is -0.136. The monoisotopic (exact) mass is 200 g/mol. The first-order chi connectivity index (χ1) is 6.56. The number of hydrogen-bond acceptors (Lipinski definition) is 3. The maximum atomic E-state index is 11.2. The summed E-state index contributed by atoms with van der Waals surface area (Å²) in [5.41, 5.74) is -0.292. The van der Waals surface area contributed by atoms with E-state index in [1.807, 2.05) is 0 Å². The minimum absolute atomic E-state index is 0.0451. The zero-order chi connectivity index (χ0) is 10.7. The third-order valence-electron chi connectivity index (χ3n) is 1.94. The van der Waals surface area contributed by atoms with Gasteiger partial charge in [0.05, 0.1) is 5.56 Å². The quantitative estimate of drug-likeness (QED) is 0.633. The molecule has 14 heavy (non-hydrogen) atoms. The maximum Gasteiger partial charge on any atom is 0.303 e. The number of H-pyrrole nitrogens is 1. The van der Waals surface area contributed by atoms with Gasteiger partial charge in [-0.2, -0.15) is 0 Å². The molecule has 0 radical (unpaired) electrons. The Morgan fingerprint density at radius 2 is 2.21 bits per heavy atom. The molecule has 0 unspecified atom stereocenters. The van der Waals surface area contributed by atoms with Crippen LogP contribution in [-0.4, -0.2) is 26.0 Å². The molecule has 0 saturated heterocycles. The number of aromatic amines is 1. The molecule has 0 aromatic carbocycles. The number of nitrogens with zero attached hydrogens (tertiary/aromatic N) is 1. The minimum Gasteiger partial charge on any atom is -0.493 e. The molecule has 1 aromatic rings. The largest absolute Gasteiger partial charge is 0.493 e. The van der Waals surface area contributed by atoms with E-state index in [-0.39, 0.29) is 24.3 Å². The molecule has 0 aliphatic heterocycles. The van der Waals surface area contributed by atoms with Crippen molar-refractivity contribution in [2.75, 3.05) is 0 Å². The number of carbonyl (C=O) groups is 1. The highest BCUT2D eigenvalue weighted by atomic mass is 16.4. The first kappa shape index (κ1) is 10.4. The Kier molecular flexibility index (Phi) is 2.95. The van der Waals surface area contributed by atoms with Gasteiger partial charge in [0.25, 0.3) is 5.56 Å². The fourth-order valence-electron chi connectivity index (χ4n) is 1.19. The van der Waals surface area contributed by atoms with E-state index >= 15 is 0 Å². The fraction of sp³-hybridized carbons (Fsp3) is 0.500. The molecule has 1 heterocycles. The molecule has 78 valence electrons. The van der Waals surface area contributed by atoms with Crippen LogP contribution in [0.15, 0.2) is 4.79 Å². The zero-order valence-corrected chi connectivity index (χ0v) is 7.78. The molecular weight excluding hydrogens is 188 g/mol. The molecule has 0 aliphatic carbocycles. The van der Waals surface area contributed by atoms with Crippen molar-refractivity contribution in [3.63, 3.8) is 0 Å². The smallest absolute Gasteiger partial charge is 0.303 e. The molecule has 6 nitrogen and oxygen atoms in total. The average Bonchev–Trinajstić information content (AvgIpc) is 2.39. The second kappa shape index (κ2) is 3.99. The van der Waals surface area contributed by atoms with Gasteiger partial charge in [0.1, 0.15) is 0 Å². The first-order valence-electron chi connectivity index (χ1n) is 4.28. The average molecular weight is 200 g/mol. The molecule has 0 amide bonds. The third kappa shape index (κ3) is 1.95. The van der Waals surface area contributed by atoms with Crippen molar-refractivity contribution in [1.82, 2.24) is 9.78 Å². The van der Waals surface area contributed by atoms with Crippen molar-refractivity contribution >= 4 is 5.97 Å². The minimum atomic E-state index is -0.993. The third-order valence-corrected chi connectivity index (χ3v) is 1.94. The molecule has 0 fully saturated rings. The van der Waals surface area contributed by atoms with Crippen molar-refractivity contribution in [2.45, 2.75) is 26.3 Å². The number of aromatic nitrogens is 2. The van der Waals surface area contributed by atoms with Crippen LogP contribution in [0.3, 0.4) is 0 Å². The lowest BCUT2D eigenvalue weighted by Crippen LogP contribution is -2.09. The zero-order valence-electron chi connectivity index (χ0n) is 7.78. The number of aliphatic carboxylic acids is 1. The molecule has 0 spiro atoms. The lowest BCUT2D eigenvalue weighted by atomic mass is 10.2. The Bertz CT molecular complexity index is 391. The van der Waals surface area contributed by atoms with Crippen LogP contribution in [0.25, 0.3) is 0 Å². The van der Waals surface area contributed by atoms with Gasteiger partial charge < -0.3 is 10.2 Å². The predicted octanol–water partition coefficient (Wildman–Crippen LogP) is -0.0809. The Balaban J connectivity index is 2.91. The van der Waals surface area contributed by atoms with Crippen molar-refractivity contribution in [1.29, 1.82) is 0 Å². The summed E-state index contributed by atoms with van der Waals surface area (Å²) in [6.07, 6.45) is -0.117. The predicted molar refractivity (Wildman–Crippen MR) is 48.3 cm³/mol. The van der Waals surface area contributed by atoms with E-state index in [9.17, 15) is 14.7 Å². The highest BCUT2D eigenvalue weighted by Crippen LogP contribution is 2.13. The Hall–Kier alpha value is -1.72. The van der Waals surface area contributed by atoms with E-state index in [0.717, 1.165) is 0 Å². The number of nitrogens with one attached hydrogen (secondary N) is 1. The second-order valence-electron chi connectivity index (χ2n) is 2.88. The summed E-state index contributed by atoms with van der Waals surface area (Å²) < 4.78 is 1.28. The number of carboxylic acids is 1. The van der Waals surface area contributed by atoms with Crippen LogP contribution in [0.2, 0.25) is 0 Å². The molecule has 1 aromatic heterocycles. The van der Waals surface area contributed by atoms with Crippen molar-refractivity contribution in [3.8, 4) is 5.88 Å². The van der Waals surface area contributed by atoms with Crippen LogP contribution >= 0.6 is 0 Å². The van der Waals surface area contributed by atoms with E-state index in [4.69, 9.17) is 5.11 Å². The summed E-state index contributed by atoms with van der Waals surface area (Å²) >= 11 is 0. The fourth-order valence-corrected chi connectivity index (χ4v) is 1.19. The summed E-state index contributed by atoms with van der Waals surface area (Å²) in [5, 5.41) is 20.3. The summed E-state index contributed by atoms with van der Waals surface area (Å²) in [4.78, 5) is 21.5. The van der Waals surface area contributed by atoms with Crippen molar-refractivity contribution in [2.24, 2.45) is 0 Å². The molecule has 6 heteroatoms. The number of aryl methyl sites for hydroxylation is 1. The first-order valence-corrected chi connectivity index (χ1v) is 4.28. The second-order valence-corrected chi connectivity index (χ2v) is 2.88. The van der Waals surface area contributed by atoms with Gasteiger partial charge in [-0.05, 0) is 13.3 Å². The highest BCUT2D eigenvalue weighted by Gasteiger charge is 2.13. The molecule has 0 aliphatic rings. The van der Waals surface area contributed by atoms with Crippen LogP contribution in [0, 0.1) is 0 Å². The molecule has 3 N–H and O–H groups in total. The Morgan fingerprint density at radius 3 is 2.64 bits per heavy atom. The highest BCUT2D eigenvalue weighted by molar-refractivity contribution is 5.67. The SMILES string of the molecule is CCn1[nH]c(=O)c(CCC(=O)O)c1O. The van der Waals surface area contributed by atoms with Gasteiger partial charge in [-0.25, -0.2) is 0 Å². The molecule has 0 saturated carbocycles. The van der Waals surface area contributed by atoms with E-state index in [1.165, 1.54) is 4.68 Å². The Labute approximate surface area is 79.8 Å². The van der Waals surface area contributed by atoms with Crippen LogP contribution in [0.5, 0.6) is 5.88 Å². The van der Waals surface area contributed by atoms with E-state index < -0.39 is 11.5 Å².